The predicted molar refractivity (Wildman–Crippen MR) is 75.9 cm³/mol. The molecule has 1 aromatic carbocycles. The highest BCUT2D eigenvalue weighted by atomic mass is 19.4. The quantitative estimate of drug-likeness (QED) is 0.838. The molecule has 0 saturated carbocycles. The van der Waals surface area contributed by atoms with Crippen molar-refractivity contribution in [3.63, 3.8) is 0 Å². The minimum atomic E-state index is -4.62. The van der Waals surface area contributed by atoms with Crippen LogP contribution in [0.25, 0.3) is 0 Å². The van der Waals surface area contributed by atoms with Crippen LogP contribution in [0.2, 0.25) is 0 Å². The van der Waals surface area contributed by atoms with Crippen LogP contribution >= 0.6 is 0 Å². The van der Waals surface area contributed by atoms with Gasteiger partial charge < -0.3 is 9.64 Å². The van der Waals surface area contributed by atoms with Crippen LogP contribution in [0.15, 0.2) is 23.2 Å². The van der Waals surface area contributed by atoms with Crippen LogP contribution in [0.4, 0.5) is 29.3 Å². The normalized spacial score (nSPS) is 27.6. The lowest BCUT2D eigenvalue weighted by Crippen LogP contribution is -2.72. The van der Waals surface area contributed by atoms with Gasteiger partial charge >= 0.3 is 12.2 Å². The summed E-state index contributed by atoms with van der Waals surface area (Å²) in [4.78, 5) is 30.8. The first-order valence-corrected chi connectivity index (χ1v) is 6.85. The zero-order valence-electron chi connectivity index (χ0n) is 14.8. The monoisotopic (exact) mass is 343 g/mol. The molecule has 1 atom stereocenters. The summed E-state index contributed by atoms with van der Waals surface area (Å²) in [5.74, 6) is -3.17. The van der Waals surface area contributed by atoms with Gasteiger partial charge in [0.05, 0.1) is 21.1 Å². The number of imide groups is 1. The average Bonchev–Trinajstić information content (AvgIpc) is 2.89. The minimum Gasteiger partial charge on any atom is -0.336 e. The molecule has 10 heteroatoms. The van der Waals surface area contributed by atoms with Crippen molar-refractivity contribution >= 4 is 29.0 Å². The molecule has 2 saturated heterocycles. The minimum absolute atomic E-state index is 0.0192. The number of benzene rings is 1. The lowest BCUT2D eigenvalue weighted by atomic mass is 10.0. The van der Waals surface area contributed by atoms with E-state index in [1.807, 2.05) is 5.32 Å². The molecule has 3 aliphatic rings. The van der Waals surface area contributed by atoms with Gasteiger partial charge in [-0.25, -0.2) is 9.79 Å². The van der Waals surface area contributed by atoms with Crippen LogP contribution in [0.3, 0.4) is 0 Å². The third kappa shape index (κ3) is 1.68. The van der Waals surface area contributed by atoms with E-state index in [0.717, 1.165) is 23.1 Å². The summed E-state index contributed by atoms with van der Waals surface area (Å²) in [5.41, 5.74) is -1.53. The van der Waals surface area contributed by atoms with Crippen molar-refractivity contribution in [2.75, 3.05) is 25.0 Å². The first kappa shape index (κ1) is 11.8. The van der Waals surface area contributed by atoms with E-state index in [1.165, 1.54) is 4.90 Å². The number of fused-ring (bicyclic) bond motifs is 2. The van der Waals surface area contributed by atoms with Gasteiger partial charge in [0, 0.05) is 20.1 Å². The molecular weight excluding hydrogens is 329 g/mol. The summed E-state index contributed by atoms with van der Waals surface area (Å²) in [5, 5.41) is 2.00. The Labute approximate surface area is 137 Å². The first-order chi connectivity index (χ1) is 12.4. The lowest BCUT2D eigenvalue weighted by Gasteiger charge is -2.47. The van der Waals surface area contributed by atoms with Gasteiger partial charge in [0.25, 0.3) is 11.8 Å². The summed E-state index contributed by atoms with van der Waals surface area (Å²) in [6.07, 6.45) is -4.62. The topological polar surface area (TPSA) is 74.2 Å². The summed E-state index contributed by atoms with van der Waals surface area (Å²) in [6.45, 7) is 0.0167. The molecule has 2 fully saturated rings. The van der Waals surface area contributed by atoms with E-state index in [-0.39, 0.29) is 24.5 Å². The highest BCUT2D eigenvalue weighted by Gasteiger charge is 2.61. The fourth-order valence-corrected chi connectivity index (χ4v) is 3.22. The zero-order valence-corrected chi connectivity index (χ0v) is 11.8. The Bertz CT molecular complexity index is 902. The van der Waals surface area contributed by atoms with Crippen molar-refractivity contribution < 1.29 is 31.6 Å². The van der Waals surface area contributed by atoms with Gasteiger partial charge in [-0.3, -0.25) is 15.0 Å². The van der Waals surface area contributed by atoms with E-state index < -0.39 is 42.3 Å². The maximum Gasteiger partial charge on any atom is 0.416 e. The van der Waals surface area contributed by atoms with Crippen LogP contribution in [-0.2, 0) is 15.7 Å². The van der Waals surface area contributed by atoms with E-state index in [0.29, 0.717) is 0 Å². The largest absolute Gasteiger partial charge is 0.416 e. The van der Waals surface area contributed by atoms with Gasteiger partial charge in [0.2, 0.25) is 0 Å². The smallest absolute Gasteiger partial charge is 0.336 e. The van der Waals surface area contributed by atoms with E-state index >= 15 is 0 Å². The maximum atomic E-state index is 13.0. The number of hydrogen-bond acceptors (Lipinski definition) is 5. The average molecular weight is 343 g/mol. The molecule has 3 aliphatic heterocycles. The molecule has 0 bridgehead atoms. The Kier molecular flexibility index (Phi) is 2.21. The highest BCUT2D eigenvalue weighted by molar-refractivity contribution is 6.47. The van der Waals surface area contributed by atoms with Crippen molar-refractivity contribution in [3.8, 4) is 0 Å². The fourth-order valence-electron chi connectivity index (χ4n) is 3.22. The van der Waals surface area contributed by atoms with Crippen LogP contribution < -0.4 is 10.2 Å². The zero-order chi connectivity index (χ0) is 19.8. The molecule has 7 nitrogen and oxygen atoms in total. The van der Waals surface area contributed by atoms with E-state index in [2.05, 4.69) is 4.99 Å². The third-order valence-corrected chi connectivity index (χ3v) is 4.24. The van der Waals surface area contributed by atoms with Crippen molar-refractivity contribution in [2.45, 2.75) is 12.0 Å². The SMILES string of the molecule is [2H]C([2H])([2H])OC12C3=Nc4cc(C(F)(F)F)ccc4N1CCN2C(=O)NC3=O. The van der Waals surface area contributed by atoms with Crippen LogP contribution in [0.1, 0.15) is 9.68 Å². The van der Waals surface area contributed by atoms with Gasteiger partial charge in [-0.1, -0.05) is 0 Å². The van der Waals surface area contributed by atoms with Crippen molar-refractivity contribution in [1.29, 1.82) is 0 Å². The number of nitrogens with zero attached hydrogens (tertiary/aromatic N) is 3. The number of aliphatic imine (C=N–C) groups is 1. The first-order valence-electron chi connectivity index (χ1n) is 8.35. The second kappa shape index (κ2) is 4.47. The second-order valence-corrected chi connectivity index (χ2v) is 5.43. The summed E-state index contributed by atoms with van der Waals surface area (Å²) >= 11 is 0. The molecular formula is C14H11F3N4O3. The van der Waals surface area contributed by atoms with Crippen molar-refractivity contribution in [1.82, 2.24) is 10.2 Å². The number of amides is 3. The van der Waals surface area contributed by atoms with Gasteiger partial charge in [0.1, 0.15) is 0 Å². The van der Waals surface area contributed by atoms with Crippen molar-refractivity contribution in [2.24, 2.45) is 4.99 Å². The molecule has 1 N–H and O–H groups in total. The Morgan fingerprint density at radius 3 is 2.79 bits per heavy atom. The number of carbonyl (C=O) groups excluding carboxylic acids is 2. The number of alkyl halides is 3. The maximum absolute atomic E-state index is 13.0. The van der Waals surface area contributed by atoms with Gasteiger partial charge in [0.15, 0.2) is 5.71 Å². The van der Waals surface area contributed by atoms with E-state index in [1.54, 1.807) is 0 Å². The standard InChI is InChI=1S/C14H11F3N4O3/c1-24-14-10-11(22)19-12(23)21(14)5-4-20(14)9-3-2-7(13(15,16)17)6-8(9)18-10/h2-3,6H,4-5H2,1H3,(H,19,22,23)/i1D3. The lowest BCUT2D eigenvalue weighted by molar-refractivity contribution is -0.137. The Morgan fingerprint density at radius 1 is 1.33 bits per heavy atom. The fraction of sp³-hybridized carbons (Fsp3) is 0.357. The Balaban J connectivity index is 1.95. The van der Waals surface area contributed by atoms with Gasteiger partial charge in [-0.15, -0.1) is 0 Å². The molecule has 3 amide bonds. The molecule has 3 heterocycles. The molecule has 0 spiro atoms. The molecule has 0 radical (unpaired) electrons. The third-order valence-electron chi connectivity index (χ3n) is 4.24. The summed E-state index contributed by atoms with van der Waals surface area (Å²) < 4.78 is 66.5. The number of nitrogens with one attached hydrogen (secondary N) is 1. The van der Waals surface area contributed by atoms with Crippen LogP contribution in [-0.4, -0.2) is 48.5 Å². The van der Waals surface area contributed by atoms with Gasteiger partial charge in [-0.2, -0.15) is 13.2 Å². The number of urea groups is 1. The van der Waals surface area contributed by atoms with E-state index in [4.69, 9.17) is 8.85 Å². The molecule has 0 aromatic heterocycles. The number of carbonyl (C=O) groups is 2. The summed E-state index contributed by atoms with van der Waals surface area (Å²) in [7, 11) is -3.01. The Hall–Kier alpha value is -2.62. The number of methoxy groups -OCH3 is 1. The number of hydrogen-bond donors (Lipinski definition) is 1. The highest BCUT2D eigenvalue weighted by Crippen LogP contribution is 2.46. The molecule has 1 unspecified atom stereocenters. The molecule has 126 valence electrons. The van der Waals surface area contributed by atoms with Gasteiger partial charge in [-0.05, 0) is 18.2 Å². The Morgan fingerprint density at radius 2 is 2.08 bits per heavy atom. The number of rotatable bonds is 1. The number of halogens is 3. The molecule has 24 heavy (non-hydrogen) atoms. The van der Waals surface area contributed by atoms with Crippen LogP contribution in [0, 0.1) is 0 Å². The second-order valence-electron chi connectivity index (χ2n) is 5.43. The van der Waals surface area contributed by atoms with Crippen LogP contribution in [0.5, 0.6) is 0 Å². The summed E-state index contributed by atoms with van der Waals surface area (Å²) in [6, 6.07) is 1.81. The molecule has 1 aromatic rings. The molecule has 0 aliphatic carbocycles. The number of anilines is 1. The molecule has 4 rings (SSSR count). The predicted octanol–water partition coefficient (Wildman–Crippen LogP) is 1.46. The van der Waals surface area contributed by atoms with E-state index in [9.17, 15) is 22.8 Å². The van der Waals surface area contributed by atoms with Crippen molar-refractivity contribution in [3.05, 3.63) is 23.8 Å². The number of ether oxygens (including phenoxy) is 1.